The lowest BCUT2D eigenvalue weighted by Gasteiger charge is -2.30. The van der Waals surface area contributed by atoms with Gasteiger partial charge in [-0.25, -0.2) is 4.39 Å². The van der Waals surface area contributed by atoms with Crippen LogP contribution in [-0.2, 0) is 14.3 Å². The average molecular weight is 459 g/mol. The lowest BCUT2D eigenvalue weighted by atomic mass is 9.80. The van der Waals surface area contributed by atoms with Gasteiger partial charge in [0.25, 0.3) is 11.8 Å². The lowest BCUT2D eigenvalue weighted by molar-refractivity contribution is -0.136. The van der Waals surface area contributed by atoms with Crippen molar-refractivity contribution in [1.82, 2.24) is 10.2 Å². The molecule has 3 atom stereocenters. The third-order valence-corrected chi connectivity index (χ3v) is 7.45. The van der Waals surface area contributed by atoms with Crippen LogP contribution in [0.15, 0.2) is 12.1 Å². The fraction of sp³-hybridized carbons (Fsp3) is 0.565. The molecule has 2 N–H and O–H groups in total. The number of benzene rings is 1. The molecule has 5 rings (SSSR count). The number of carbonyl (C=O) groups excluding carboxylic acids is 4. The molecule has 4 aliphatic heterocycles. The summed E-state index contributed by atoms with van der Waals surface area (Å²) in [6.07, 6.45) is 1.79. The van der Waals surface area contributed by atoms with Crippen LogP contribution in [0, 0.1) is 23.6 Å². The number of nitrogens with one attached hydrogen (secondary N) is 1. The second-order valence-corrected chi connectivity index (χ2v) is 9.23. The van der Waals surface area contributed by atoms with Gasteiger partial charge in [-0.3, -0.25) is 29.4 Å². The van der Waals surface area contributed by atoms with Crippen LogP contribution >= 0.6 is 0 Å². The van der Waals surface area contributed by atoms with Crippen molar-refractivity contribution in [3.8, 4) is 0 Å². The highest BCUT2D eigenvalue weighted by molar-refractivity contribution is 6.25. The van der Waals surface area contributed by atoms with Crippen LogP contribution in [0.2, 0.25) is 0 Å². The first-order valence-corrected chi connectivity index (χ1v) is 11.4. The maximum Gasteiger partial charge on any atom is 0.264 e. The molecular weight excluding hydrogens is 433 g/mol. The minimum atomic E-state index is -1.11. The molecule has 176 valence electrons. The number of anilines is 1. The van der Waals surface area contributed by atoms with Gasteiger partial charge in [0, 0.05) is 45.2 Å². The van der Waals surface area contributed by atoms with E-state index < -0.39 is 35.5 Å². The predicted molar refractivity (Wildman–Crippen MR) is 113 cm³/mol. The molecule has 9 nitrogen and oxygen atoms in total. The van der Waals surface area contributed by atoms with E-state index in [1.165, 1.54) is 12.1 Å². The first kappa shape index (κ1) is 22.0. The number of hydrogen-bond donors (Lipinski definition) is 2. The summed E-state index contributed by atoms with van der Waals surface area (Å²) in [6, 6.07) is 1.34. The Balaban J connectivity index is 1.47. The van der Waals surface area contributed by atoms with Crippen molar-refractivity contribution in [2.75, 3.05) is 37.8 Å². The van der Waals surface area contributed by atoms with E-state index in [0.717, 1.165) is 17.7 Å². The second kappa shape index (κ2) is 8.49. The molecule has 0 aliphatic carbocycles. The van der Waals surface area contributed by atoms with Gasteiger partial charge in [-0.15, -0.1) is 0 Å². The monoisotopic (exact) mass is 459 g/mol. The standard InChI is InChI=1S/C23H26FN3O6/c24-16-2-1-14-19(23(32)27(22(14)31)17-3-4-18(29)25-21(17)30)20(16)26-9-13(11-28)15(10-26)12-5-7-33-8-6-12/h1-2,12-13,15,17,28H,3-11H2,(H,25,29,30)/t13-,15-,17?/m0/s1. The normalized spacial score (nSPS) is 28.5. The number of piperidine rings is 1. The predicted octanol–water partition coefficient (Wildman–Crippen LogP) is 0.698. The van der Waals surface area contributed by atoms with Crippen LogP contribution in [0.1, 0.15) is 46.4 Å². The number of fused-ring (bicyclic) bond motifs is 1. The molecule has 0 spiro atoms. The van der Waals surface area contributed by atoms with E-state index >= 15 is 4.39 Å². The number of hydrogen-bond acceptors (Lipinski definition) is 7. The Hall–Kier alpha value is -2.85. The Morgan fingerprint density at radius 1 is 1.06 bits per heavy atom. The maximum atomic E-state index is 15.2. The van der Waals surface area contributed by atoms with Gasteiger partial charge >= 0.3 is 0 Å². The number of carbonyl (C=O) groups is 4. The first-order valence-electron chi connectivity index (χ1n) is 11.4. The summed E-state index contributed by atoms with van der Waals surface area (Å²) >= 11 is 0. The van der Waals surface area contributed by atoms with Crippen LogP contribution in [0.4, 0.5) is 10.1 Å². The van der Waals surface area contributed by atoms with E-state index in [-0.39, 0.29) is 48.1 Å². The molecule has 1 aromatic carbocycles. The number of imide groups is 2. The summed E-state index contributed by atoms with van der Waals surface area (Å²) in [6.45, 7) is 2.09. The van der Waals surface area contributed by atoms with Crippen molar-refractivity contribution in [2.24, 2.45) is 17.8 Å². The van der Waals surface area contributed by atoms with Crippen molar-refractivity contribution in [3.05, 3.63) is 29.1 Å². The highest BCUT2D eigenvalue weighted by Crippen LogP contribution is 2.42. The molecule has 0 radical (unpaired) electrons. The number of aliphatic hydroxyl groups is 1. The van der Waals surface area contributed by atoms with Gasteiger partial charge in [0.2, 0.25) is 11.8 Å². The second-order valence-electron chi connectivity index (χ2n) is 9.23. The summed E-state index contributed by atoms with van der Waals surface area (Å²) in [5, 5.41) is 12.2. The highest BCUT2D eigenvalue weighted by Gasteiger charge is 2.48. The SMILES string of the molecule is O=C1CCC(N2C(=O)c3ccc(F)c(N4C[C@@H](CO)[C@H](C5CCOCC5)C4)c3C2=O)C(=O)N1. The van der Waals surface area contributed by atoms with E-state index in [4.69, 9.17) is 4.74 Å². The molecule has 1 aromatic rings. The van der Waals surface area contributed by atoms with Gasteiger partial charge in [-0.2, -0.15) is 0 Å². The fourth-order valence-electron chi connectivity index (χ4n) is 5.77. The van der Waals surface area contributed by atoms with Crippen LogP contribution in [0.3, 0.4) is 0 Å². The van der Waals surface area contributed by atoms with Crippen molar-refractivity contribution >= 4 is 29.3 Å². The molecule has 0 aromatic heterocycles. The molecule has 0 saturated carbocycles. The molecule has 3 fully saturated rings. The van der Waals surface area contributed by atoms with Gasteiger partial charge in [-0.05, 0) is 43.2 Å². The minimum absolute atomic E-state index is 0.0160. The van der Waals surface area contributed by atoms with E-state index in [1.807, 2.05) is 0 Å². The van der Waals surface area contributed by atoms with Gasteiger partial charge in [-0.1, -0.05) is 0 Å². The number of halogens is 1. The molecule has 1 unspecified atom stereocenters. The van der Waals surface area contributed by atoms with E-state index in [2.05, 4.69) is 5.32 Å². The van der Waals surface area contributed by atoms with Crippen LogP contribution in [-0.4, -0.2) is 72.6 Å². The van der Waals surface area contributed by atoms with Gasteiger partial charge < -0.3 is 14.7 Å². The third kappa shape index (κ3) is 3.61. The number of amides is 4. The fourth-order valence-corrected chi connectivity index (χ4v) is 5.77. The van der Waals surface area contributed by atoms with Crippen molar-refractivity contribution < 1.29 is 33.4 Å². The Kier molecular flexibility index (Phi) is 5.65. The maximum absolute atomic E-state index is 15.2. The zero-order chi connectivity index (χ0) is 23.3. The van der Waals surface area contributed by atoms with Crippen LogP contribution in [0.25, 0.3) is 0 Å². The van der Waals surface area contributed by atoms with Crippen molar-refractivity contribution in [3.63, 3.8) is 0 Å². The molecule has 4 heterocycles. The summed E-state index contributed by atoms with van der Waals surface area (Å²) in [5.74, 6) is -2.80. The Bertz CT molecular complexity index is 1020. The van der Waals surface area contributed by atoms with E-state index in [9.17, 15) is 24.3 Å². The highest BCUT2D eigenvalue weighted by atomic mass is 19.1. The molecule has 33 heavy (non-hydrogen) atoms. The van der Waals surface area contributed by atoms with Gasteiger partial charge in [0.1, 0.15) is 11.9 Å². The average Bonchev–Trinajstić information content (AvgIpc) is 3.34. The number of aliphatic hydroxyl groups excluding tert-OH is 1. The van der Waals surface area contributed by atoms with Crippen LogP contribution in [0.5, 0.6) is 0 Å². The zero-order valence-corrected chi connectivity index (χ0v) is 18.1. The van der Waals surface area contributed by atoms with Gasteiger partial charge in [0.05, 0.1) is 16.8 Å². The molecule has 0 bridgehead atoms. The minimum Gasteiger partial charge on any atom is -0.396 e. The largest absolute Gasteiger partial charge is 0.396 e. The molecule has 10 heteroatoms. The van der Waals surface area contributed by atoms with E-state index in [1.54, 1.807) is 4.90 Å². The zero-order valence-electron chi connectivity index (χ0n) is 18.1. The van der Waals surface area contributed by atoms with E-state index in [0.29, 0.717) is 32.2 Å². The van der Waals surface area contributed by atoms with Crippen molar-refractivity contribution in [1.29, 1.82) is 0 Å². The summed E-state index contributed by atoms with van der Waals surface area (Å²) < 4.78 is 20.6. The molecular formula is C23H26FN3O6. The number of nitrogens with zero attached hydrogens (tertiary/aromatic N) is 2. The first-order chi connectivity index (χ1) is 15.9. The number of rotatable bonds is 4. The lowest BCUT2D eigenvalue weighted by Crippen LogP contribution is -2.54. The number of ether oxygens (including phenoxy) is 1. The Labute approximate surface area is 189 Å². The molecule has 4 aliphatic rings. The summed E-state index contributed by atoms with van der Waals surface area (Å²) in [4.78, 5) is 52.9. The summed E-state index contributed by atoms with van der Waals surface area (Å²) in [7, 11) is 0. The van der Waals surface area contributed by atoms with Crippen LogP contribution < -0.4 is 10.2 Å². The van der Waals surface area contributed by atoms with Gasteiger partial charge in [0.15, 0.2) is 0 Å². The van der Waals surface area contributed by atoms with Crippen molar-refractivity contribution in [2.45, 2.75) is 31.7 Å². The molecule has 3 saturated heterocycles. The topological polar surface area (TPSA) is 116 Å². The third-order valence-electron chi connectivity index (χ3n) is 7.45. The summed E-state index contributed by atoms with van der Waals surface area (Å²) in [5.41, 5.74) is 0.0545. The quantitative estimate of drug-likeness (QED) is 0.637. The smallest absolute Gasteiger partial charge is 0.264 e. The Morgan fingerprint density at radius 2 is 1.82 bits per heavy atom. The molecule has 4 amide bonds. The Morgan fingerprint density at radius 3 is 2.52 bits per heavy atom.